The van der Waals surface area contributed by atoms with Gasteiger partial charge in [-0.05, 0) is 26.7 Å². The number of sulfonamides is 1. The van der Waals surface area contributed by atoms with Crippen molar-refractivity contribution in [1.29, 1.82) is 0 Å². The summed E-state index contributed by atoms with van der Waals surface area (Å²) in [4.78, 5) is 11.4. The predicted octanol–water partition coefficient (Wildman–Crippen LogP) is 0.316. The molecule has 1 saturated heterocycles. The van der Waals surface area contributed by atoms with Crippen LogP contribution in [0.1, 0.15) is 31.2 Å². The quantitative estimate of drug-likeness (QED) is 0.840. The van der Waals surface area contributed by atoms with E-state index in [1.165, 1.54) is 11.2 Å². The molecule has 2 rings (SSSR count). The van der Waals surface area contributed by atoms with E-state index in [1.54, 1.807) is 13.8 Å². The van der Waals surface area contributed by atoms with Crippen molar-refractivity contribution in [3.63, 3.8) is 0 Å². The lowest BCUT2D eigenvalue weighted by molar-refractivity contribution is -0.119. The molecule has 0 saturated carbocycles. The van der Waals surface area contributed by atoms with Crippen molar-refractivity contribution in [2.24, 2.45) is 0 Å². The largest absolute Gasteiger partial charge is 0.352 e. The zero-order chi connectivity index (χ0) is 14.9. The third kappa shape index (κ3) is 2.85. The van der Waals surface area contributed by atoms with E-state index < -0.39 is 10.0 Å². The van der Waals surface area contributed by atoms with Crippen LogP contribution in [0.4, 0.5) is 0 Å². The molecule has 20 heavy (non-hydrogen) atoms. The van der Waals surface area contributed by atoms with Gasteiger partial charge in [-0.1, -0.05) is 0 Å². The number of amides is 1. The molecule has 1 aliphatic heterocycles. The Labute approximate surface area is 118 Å². The number of carbonyl (C=O) groups excluding carboxylic acids is 1. The summed E-state index contributed by atoms with van der Waals surface area (Å²) in [6, 6.07) is -0.122. The molecular formula is C12H20N4O3S. The zero-order valence-electron chi connectivity index (χ0n) is 11.9. The number of nitrogens with one attached hydrogen (secondary N) is 2. The van der Waals surface area contributed by atoms with Crippen LogP contribution < -0.4 is 5.32 Å². The fraction of sp³-hybridized carbons (Fsp3) is 0.667. The van der Waals surface area contributed by atoms with Crippen molar-refractivity contribution >= 4 is 15.9 Å². The van der Waals surface area contributed by atoms with E-state index in [1.807, 2.05) is 0 Å². The molecule has 1 unspecified atom stereocenters. The molecule has 0 aliphatic carbocycles. The highest BCUT2D eigenvalue weighted by Crippen LogP contribution is 2.24. The van der Waals surface area contributed by atoms with E-state index in [4.69, 9.17) is 0 Å². The van der Waals surface area contributed by atoms with Crippen molar-refractivity contribution < 1.29 is 13.2 Å². The molecule has 0 spiro atoms. The van der Waals surface area contributed by atoms with Crippen LogP contribution in [0.25, 0.3) is 0 Å². The van der Waals surface area contributed by atoms with Crippen LogP contribution in [0.5, 0.6) is 0 Å². The maximum absolute atomic E-state index is 12.7. The summed E-state index contributed by atoms with van der Waals surface area (Å²) in [5.41, 5.74) is 1.02. The van der Waals surface area contributed by atoms with Gasteiger partial charge in [0, 0.05) is 26.1 Å². The molecule has 1 atom stereocenters. The molecule has 7 nitrogen and oxygen atoms in total. The van der Waals surface area contributed by atoms with Crippen LogP contribution in [-0.4, -0.2) is 48.0 Å². The second kappa shape index (κ2) is 5.53. The molecule has 1 fully saturated rings. The van der Waals surface area contributed by atoms with Gasteiger partial charge in [0.15, 0.2) is 0 Å². The minimum Gasteiger partial charge on any atom is -0.352 e. The summed E-state index contributed by atoms with van der Waals surface area (Å²) in [6.45, 7) is 5.60. The molecule has 1 aromatic rings. The van der Waals surface area contributed by atoms with Gasteiger partial charge in [0.2, 0.25) is 15.9 Å². The Hall–Kier alpha value is -1.41. The first-order valence-corrected chi connectivity index (χ1v) is 8.05. The fourth-order valence-electron chi connectivity index (χ4n) is 2.62. The minimum atomic E-state index is -3.56. The molecule has 112 valence electrons. The van der Waals surface area contributed by atoms with Gasteiger partial charge in [0.25, 0.3) is 0 Å². The minimum absolute atomic E-state index is 0.122. The fourth-order valence-corrected chi connectivity index (χ4v) is 4.47. The Morgan fingerprint density at radius 3 is 2.70 bits per heavy atom. The van der Waals surface area contributed by atoms with Crippen LogP contribution >= 0.6 is 0 Å². The Morgan fingerprint density at radius 1 is 1.45 bits per heavy atom. The highest BCUT2D eigenvalue weighted by Gasteiger charge is 2.33. The normalized spacial score (nSPS) is 20.9. The standard InChI is InChI=1S/C12H20N4O3S/c1-8-12(9(2)15-14-8)20(18,19)16-6-4-5-11(7-16)13-10(3)17/h11H,4-7H2,1-3H3,(H,13,17)(H,14,15). The van der Waals surface area contributed by atoms with Crippen molar-refractivity contribution in [2.75, 3.05) is 13.1 Å². The van der Waals surface area contributed by atoms with E-state index in [9.17, 15) is 13.2 Å². The number of nitrogens with zero attached hydrogens (tertiary/aromatic N) is 2. The second-order valence-electron chi connectivity index (χ2n) is 5.17. The van der Waals surface area contributed by atoms with Gasteiger partial charge < -0.3 is 5.32 Å². The van der Waals surface area contributed by atoms with E-state index >= 15 is 0 Å². The van der Waals surface area contributed by atoms with E-state index in [0.717, 1.165) is 12.8 Å². The van der Waals surface area contributed by atoms with Crippen LogP contribution in [0.15, 0.2) is 4.90 Å². The lowest BCUT2D eigenvalue weighted by atomic mass is 10.1. The number of rotatable bonds is 3. The molecule has 0 aromatic carbocycles. The number of hydrogen-bond donors (Lipinski definition) is 2. The van der Waals surface area contributed by atoms with E-state index in [-0.39, 0.29) is 16.8 Å². The first-order chi connectivity index (χ1) is 9.32. The van der Waals surface area contributed by atoms with Gasteiger partial charge in [-0.25, -0.2) is 8.42 Å². The lowest BCUT2D eigenvalue weighted by Gasteiger charge is -2.32. The Morgan fingerprint density at radius 2 is 2.15 bits per heavy atom. The molecule has 1 aliphatic rings. The molecule has 0 radical (unpaired) electrons. The third-order valence-electron chi connectivity index (χ3n) is 3.45. The maximum Gasteiger partial charge on any atom is 0.246 e. The van der Waals surface area contributed by atoms with Crippen LogP contribution in [0, 0.1) is 13.8 Å². The average Bonchev–Trinajstić information content (AvgIpc) is 2.69. The topological polar surface area (TPSA) is 95.2 Å². The summed E-state index contributed by atoms with van der Waals surface area (Å²) in [6.07, 6.45) is 1.54. The van der Waals surface area contributed by atoms with Crippen molar-refractivity contribution in [3.8, 4) is 0 Å². The zero-order valence-corrected chi connectivity index (χ0v) is 12.7. The van der Waals surface area contributed by atoms with Gasteiger partial charge in [-0.15, -0.1) is 0 Å². The smallest absolute Gasteiger partial charge is 0.246 e. The summed E-state index contributed by atoms with van der Waals surface area (Å²) in [5.74, 6) is -0.134. The SMILES string of the molecule is CC(=O)NC1CCCN(S(=O)(=O)c2c(C)n[nH]c2C)C1. The van der Waals surface area contributed by atoms with Crippen LogP contribution in [0.2, 0.25) is 0 Å². The average molecular weight is 300 g/mol. The molecule has 2 N–H and O–H groups in total. The molecule has 1 amide bonds. The summed E-state index contributed by atoms with van der Waals surface area (Å²) < 4.78 is 26.8. The monoisotopic (exact) mass is 300 g/mol. The van der Waals surface area contributed by atoms with Crippen molar-refractivity contribution in [2.45, 2.75) is 44.6 Å². The van der Waals surface area contributed by atoms with Gasteiger partial charge in [0.1, 0.15) is 4.90 Å². The number of aromatic nitrogens is 2. The Kier molecular flexibility index (Phi) is 4.14. The van der Waals surface area contributed by atoms with Gasteiger partial charge in [-0.3, -0.25) is 9.89 Å². The Bertz CT molecular complexity index is 589. The number of aryl methyl sites for hydroxylation is 2. The second-order valence-corrected chi connectivity index (χ2v) is 7.04. The summed E-state index contributed by atoms with van der Waals surface area (Å²) >= 11 is 0. The highest BCUT2D eigenvalue weighted by molar-refractivity contribution is 7.89. The molecule has 8 heteroatoms. The lowest BCUT2D eigenvalue weighted by Crippen LogP contribution is -2.49. The number of aromatic amines is 1. The van der Waals surface area contributed by atoms with E-state index in [2.05, 4.69) is 15.5 Å². The van der Waals surface area contributed by atoms with Crippen LogP contribution in [0.3, 0.4) is 0 Å². The summed E-state index contributed by atoms with van der Waals surface area (Å²) in [7, 11) is -3.56. The van der Waals surface area contributed by atoms with E-state index in [0.29, 0.717) is 24.5 Å². The van der Waals surface area contributed by atoms with Crippen LogP contribution in [-0.2, 0) is 14.8 Å². The number of hydrogen-bond acceptors (Lipinski definition) is 4. The molecular weight excluding hydrogens is 280 g/mol. The highest BCUT2D eigenvalue weighted by atomic mass is 32.2. The molecule has 2 heterocycles. The van der Waals surface area contributed by atoms with Gasteiger partial charge >= 0.3 is 0 Å². The van der Waals surface area contributed by atoms with Crippen molar-refractivity contribution in [3.05, 3.63) is 11.4 Å². The van der Waals surface area contributed by atoms with Gasteiger partial charge in [0.05, 0.1) is 11.4 Å². The van der Waals surface area contributed by atoms with Crippen molar-refractivity contribution in [1.82, 2.24) is 19.8 Å². The maximum atomic E-state index is 12.7. The Balaban J connectivity index is 2.24. The first kappa shape index (κ1) is 15.0. The predicted molar refractivity (Wildman–Crippen MR) is 73.7 cm³/mol. The third-order valence-corrected chi connectivity index (χ3v) is 5.58. The van der Waals surface area contributed by atoms with Gasteiger partial charge in [-0.2, -0.15) is 9.40 Å². The number of carbonyl (C=O) groups is 1. The number of H-pyrrole nitrogens is 1. The molecule has 1 aromatic heterocycles. The summed E-state index contributed by atoms with van der Waals surface area (Å²) in [5, 5.41) is 9.43. The number of piperidine rings is 1. The molecule has 0 bridgehead atoms. The first-order valence-electron chi connectivity index (χ1n) is 6.61.